The van der Waals surface area contributed by atoms with E-state index in [1.54, 1.807) is 12.3 Å². The molecular weight excluding hydrogens is 486 g/mol. The molecule has 0 radical (unpaired) electrons. The fourth-order valence-corrected chi connectivity index (χ4v) is 5.93. The Kier molecular flexibility index (Phi) is 7.92. The average Bonchev–Trinajstić information content (AvgIpc) is 3.01. The molecule has 0 bridgehead atoms. The molecule has 1 aromatic heterocycles. The predicted octanol–water partition coefficient (Wildman–Crippen LogP) is 4.61. The third-order valence-electron chi connectivity index (χ3n) is 8.38. The van der Waals surface area contributed by atoms with Crippen LogP contribution in [0.25, 0.3) is 0 Å². The number of likely N-dealkylation sites (tertiary alicyclic amines) is 1. The van der Waals surface area contributed by atoms with Gasteiger partial charge in [-0.15, -0.1) is 0 Å². The monoisotopic (exact) mass is 521 g/mol. The quantitative estimate of drug-likeness (QED) is 0.512. The minimum Gasteiger partial charge on any atom is -0.357 e. The highest BCUT2D eigenvalue weighted by atomic mass is 16.2. The number of hydrogen-bond acceptors (Lipinski definition) is 5. The first-order chi connectivity index (χ1) is 19.0. The lowest BCUT2D eigenvalue weighted by molar-refractivity contribution is -0.140. The van der Waals surface area contributed by atoms with Crippen LogP contribution in [0.5, 0.6) is 0 Å². The van der Waals surface area contributed by atoms with Gasteiger partial charge in [0.25, 0.3) is 0 Å². The first-order valence-electron chi connectivity index (χ1n) is 13.8. The minimum absolute atomic E-state index is 0.0178. The summed E-state index contributed by atoms with van der Waals surface area (Å²) in [7, 11) is 0. The maximum Gasteiger partial charge on any atom is 0.231 e. The number of aromatic nitrogens is 1. The van der Waals surface area contributed by atoms with Crippen molar-refractivity contribution in [2.45, 2.75) is 44.1 Å². The average molecular weight is 522 g/mol. The summed E-state index contributed by atoms with van der Waals surface area (Å²) in [5, 5.41) is 12.3. The molecular formula is C32H35N5O2. The van der Waals surface area contributed by atoms with Gasteiger partial charge in [-0.05, 0) is 55.9 Å². The van der Waals surface area contributed by atoms with Crippen molar-refractivity contribution >= 4 is 17.6 Å². The number of nitriles is 1. The zero-order chi connectivity index (χ0) is 27.2. The maximum atomic E-state index is 13.8. The van der Waals surface area contributed by atoms with E-state index in [1.807, 2.05) is 78.6 Å². The third-order valence-corrected chi connectivity index (χ3v) is 8.38. The highest BCUT2D eigenvalue weighted by Crippen LogP contribution is 2.37. The van der Waals surface area contributed by atoms with Crippen LogP contribution < -0.4 is 10.2 Å². The predicted molar refractivity (Wildman–Crippen MR) is 151 cm³/mol. The van der Waals surface area contributed by atoms with Gasteiger partial charge in [0.15, 0.2) is 0 Å². The van der Waals surface area contributed by atoms with Crippen molar-refractivity contribution in [2.24, 2.45) is 5.92 Å². The van der Waals surface area contributed by atoms with E-state index in [1.165, 1.54) is 0 Å². The molecule has 1 N–H and O–H groups in total. The Morgan fingerprint density at radius 1 is 0.949 bits per heavy atom. The number of nitrogens with one attached hydrogen (secondary N) is 1. The van der Waals surface area contributed by atoms with E-state index < -0.39 is 5.41 Å². The van der Waals surface area contributed by atoms with Crippen molar-refractivity contribution in [3.8, 4) is 6.07 Å². The van der Waals surface area contributed by atoms with E-state index in [0.29, 0.717) is 31.5 Å². The van der Waals surface area contributed by atoms with Gasteiger partial charge in [-0.25, -0.2) is 4.98 Å². The van der Waals surface area contributed by atoms with E-state index >= 15 is 0 Å². The molecule has 3 heterocycles. The number of rotatable bonds is 6. The second-order valence-electron chi connectivity index (χ2n) is 10.7. The maximum absolute atomic E-state index is 13.8. The molecule has 2 saturated heterocycles. The Bertz CT molecular complexity index is 1300. The van der Waals surface area contributed by atoms with Gasteiger partial charge < -0.3 is 15.1 Å². The van der Waals surface area contributed by atoms with Crippen LogP contribution in [0.1, 0.15) is 55.3 Å². The van der Waals surface area contributed by atoms with E-state index in [9.17, 15) is 9.59 Å². The number of carbonyl (C=O) groups is 2. The molecule has 2 aliphatic heterocycles. The molecule has 2 fully saturated rings. The number of hydrogen-bond donors (Lipinski definition) is 1. The lowest BCUT2D eigenvalue weighted by Crippen LogP contribution is -2.54. The van der Waals surface area contributed by atoms with Crippen LogP contribution in [0.15, 0.2) is 79.0 Å². The van der Waals surface area contributed by atoms with Crippen molar-refractivity contribution in [1.82, 2.24) is 15.2 Å². The van der Waals surface area contributed by atoms with Crippen molar-refractivity contribution in [3.63, 3.8) is 0 Å². The zero-order valence-corrected chi connectivity index (χ0v) is 22.4. The highest BCUT2D eigenvalue weighted by molar-refractivity contribution is 5.89. The summed E-state index contributed by atoms with van der Waals surface area (Å²) in [6, 6.07) is 25.7. The lowest BCUT2D eigenvalue weighted by Gasteiger charge is -2.43. The number of piperidine rings is 2. The Hall–Kier alpha value is -4.18. The highest BCUT2D eigenvalue weighted by Gasteiger charge is 2.44. The second kappa shape index (κ2) is 11.7. The molecule has 0 aliphatic carbocycles. The summed E-state index contributed by atoms with van der Waals surface area (Å²) in [6.45, 7) is 4.68. The molecule has 7 nitrogen and oxygen atoms in total. The fourth-order valence-electron chi connectivity index (χ4n) is 5.93. The van der Waals surface area contributed by atoms with E-state index in [-0.39, 0.29) is 23.8 Å². The lowest BCUT2D eigenvalue weighted by atomic mass is 9.71. The number of amides is 2. The Morgan fingerprint density at radius 3 is 2.18 bits per heavy atom. The Morgan fingerprint density at radius 2 is 1.59 bits per heavy atom. The number of pyridine rings is 1. The number of anilines is 1. The van der Waals surface area contributed by atoms with Gasteiger partial charge in [-0.3, -0.25) is 9.59 Å². The van der Waals surface area contributed by atoms with Crippen LogP contribution in [-0.2, 0) is 15.0 Å². The molecule has 2 aliphatic rings. The van der Waals surface area contributed by atoms with Crippen LogP contribution in [-0.4, -0.2) is 47.9 Å². The molecule has 1 atom stereocenters. The SMILES string of the molecule is C[C@H](NC(=O)C1(c2ccccc2)CCN(C(=O)C2CCN(c3ccc(C#N)cn3)CC2)CC1)c1ccccc1. The van der Waals surface area contributed by atoms with Crippen LogP contribution in [0.3, 0.4) is 0 Å². The standard InChI is InChI=1S/C32H35N5O2/c1-24(26-8-4-2-5-9-26)35-31(39)32(28-10-6-3-7-11-28)16-20-37(21-17-32)30(38)27-14-18-36(19-15-27)29-13-12-25(22-33)23-34-29/h2-13,23-24,27H,14-21H2,1H3,(H,35,39)/t24-/m0/s1. The van der Waals surface area contributed by atoms with Crippen LogP contribution in [0, 0.1) is 17.2 Å². The molecule has 2 aromatic carbocycles. The molecule has 0 spiro atoms. The van der Waals surface area contributed by atoms with Crippen molar-refractivity contribution in [2.75, 3.05) is 31.1 Å². The Labute approximate surface area is 230 Å². The number of nitrogens with zero attached hydrogens (tertiary/aromatic N) is 4. The minimum atomic E-state index is -0.661. The summed E-state index contributed by atoms with van der Waals surface area (Å²) in [4.78, 5) is 35.9. The molecule has 0 unspecified atom stereocenters. The summed E-state index contributed by atoms with van der Waals surface area (Å²) >= 11 is 0. The van der Waals surface area contributed by atoms with Crippen molar-refractivity contribution in [1.29, 1.82) is 5.26 Å². The van der Waals surface area contributed by atoms with Crippen LogP contribution >= 0.6 is 0 Å². The van der Waals surface area contributed by atoms with Gasteiger partial charge in [-0.1, -0.05) is 60.7 Å². The molecule has 200 valence electrons. The largest absolute Gasteiger partial charge is 0.357 e. The van der Waals surface area contributed by atoms with Crippen LogP contribution in [0.4, 0.5) is 5.82 Å². The van der Waals surface area contributed by atoms with E-state index in [0.717, 1.165) is 42.9 Å². The molecule has 5 rings (SSSR count). The fraction of sp³-hybridized carbons (Fsp3) is 0.375. The summed E-state index contributed by atoms with van der Waals surface area (Å²) < 4.78 is 0. The van der Waals surface area contributed by atoms with Crippen LogP contribution in [0.2, 0.25) is 0 Å². The first kappa shape index (κ1) is 26.4. The smallest absolute Gasteiger partial charge is 0.231 e. The van der Waals surface area contributed by atoms with Crippen molar-refractivity contribution < 1.29 is 9.59 Å². The van der Waals surface area contributed by atoms with Crippen molar-refractivity contribution in [3.05, 3.63) is 95.7 Å². The zero-order valence-electron chi connectivity index (χ0n) is 22.4. The molecule has 3 aromatic rings. The van der Waals surface area contributed by atoms with Gasteiger partial charge in [0.05, 0.1) is 17.0 Å². The van der Waals surface area contributed by atoms with E-state index in [4.69, 9.17) is 5.26 Å². The van der Waals surface area contributed by atoms with Gasteiger partial charge in [0.1, 0.15) is 11.9 Å². The van der Waals surface area contributed by atoms with Gasteiger partial charge in [0, 0.05) is 38.3 Å². The third kappa shape index (κ3) is 5.65. The topological polar surface area (TPSA) is 89.3 Å². The first-order valence-corrected chi connectivity index (χ1v) is 13.8. The van der Waals surface area contributed by atoms with Gasteiger partial charge >= 0.3 is 0 Å². The molecule has 39 heavy (non-hydrogen) atoms. The Balaban J connectivity index is 1.23. The number of carbonyl (C=O) groups excluding carboxylic acids is 2. The van der Waals surface area contributed by atoms with E-state index in [2.05, 4.69) is 21.3 Å². The molecule has 2 amide bonds. The van der Waals surface area contributed by atoms with Gasteiger partial charge in [0.2, 0.25) is 11.8 Å². The number of benzene rings is 2. The molecule has 7 heteroatoms. The summed E-state index contributed by atoms with van der Waals surface area (Å²) in [6.07, 6.45) is 4.34. The molecule has 0 saturated carbocycles. The second-order valence-corrected chi connectivity index (χ2v) is 10.7. The normalized spacial score (nSPS) is 18.2. The summed E-state index contributed by atoms with van der Waals surface area (Å²) in [5.41, 5.74) is 1.97. The van der Waals surface area contributed by atoms with Gasteiger partial charge in [-0.2, -0.15) is 5.26 Å². The summed E-state index contributed by atoms with van der Waals surface area (Å²) in [5.74, 6) is 1.06.